The number of hydrogen-bond acceptors (Lipinski definition) is 3. The van der Waals surface area contributed by atoms with Crippen LogP contribution in [0.25, 0.3) is 0 Å². The van der Waals surface area contributed by atoms with Crippen LogP contribution in [0.4, 0.5) is 4.39 Å². The van der Waals surface area contributed by atoms with Gasteiger partial charge in [-0.15, -0.1) is 0 Å². The standard InChI is InChI=1S/C10H11FN4O/c1-7(16)15(10(12)13)14-6-8-4-2-3-5-9(8)11/h2-6H,1H3,(H3,12,13)/b14-6+. The number of nitrogens with two attached hydrogens (primary N) is 1. The highest BCUT2D eigenvalue weighted by Gasteiger charge is 2.09. The van der Waals surface area contributed by atoms with Gasteiger partial charge in [0.15, 0.2) is 0 Å². The Morgan fingerprint density at radius 2 is 2.19 bits per heavy atom. The zero-order valence-electron chi connectivity index (χ0n) is 8.64. The molecule has 0 aliphatic heterocycles. The zero-order chi connectivity index (χ0) is 12.1. The van der Waals surface area contributed by atoms with Crippen molar-refractivity contribution in [2.24, 2.45) is 10.8 Å². The summed E-state index contributed by atoms with van der Waals surface area (Å²) in [5.41, 5.74) is 5.34. The molecule has 0 radical (unpaired) electrons. The van der Waals surface area contributed by atoms with E-state index in [9.17, 15) is 9.18 Å². The predicted molar refractivity (Wildman–Crippen MR) is 58.4 cm³/mol. The lowest BCUT2D eigenvalue weighted by Crippen LogP contribution is -2.35. The van der Waals surface area contributed by atoms with Gasteiger partial charge in [0.1, 0.15) is 5.82 Å². The van der Waals surface area contributed by atoms with E-state index in [0.717, 1.165) is 6.21 Å². The molecule has 0 unspecified atom stereocenters. The van der Waals surface area contributed by atoms with Crippen molar-refractivity contribution >= 4 is 18.1 Å². The van der Waals surface area contributed by atoms with Gasteiger partial charge in [-0.25, -0.2) is 4.39 Å². The maximum absolute atomic E-state index is 13.2. The van der Waals surface area contributed by atoms with E-state index in [2.05, 4.69) is 5.10 Å². The summed E-state index contributed by atoms with van der Waals surface area (Å²) in [6.07, 6.45) is 1.14. The molecule has 1 aromatic carbocycles. The molecular weight excluding hydrogens is 211 g/mol. The molecule has 1 amide bonds. The number of hydrazone groups is 1. The van der Waals surface area contributed by atoms with Crippen LogP contribution in [0.2, 0.25) is 0 Å². The third kappa shape index (κ3) is 2.88. The fraction of sp³-hybridized carbons (Fsp3) is 0.100. The van der Waals surface area contributed by atoms with E-state index in [4.69, 9.17) is 11.1 Å². The number of hydrogen-bond donors (Lipinski definition) is 2. The van der Waals surface area contributed by atoms with Crippen molar-refractivity contribution < 1.29 is 9.18 Å². The first kappa shape index (κ1) is 11.8. The number of halogens is 1. The topological polar surface area (TPSA) is 82.5 Å². The van der Waals surface area contributed by atoms with E-state index in [1.165, 1.54) is 19.1 Å². The van der Waals surface area contributed by atoms with Gasteiger partial charge in [-0.05, 0) is 6.07 Å². The number of amides is 1. The number of guanidine groups is 1. The second-order valence-electron chi connectivity index (χ2n) is 2.98. The summed E-state index contributed by atoms with van der Waals surface area (Å²) < 4.78 is 13.2. The molecule has 0 atom stereocenters. The van der Waals surface area contributed by atoms with Crippen LogP contribution in [0.5, 0.6) is 0 Å². The Bertz CT molecular complexity index is 430. The van der Waals surface area contributed by atoms with Crippen LogP contribution in [-0.4, -0.2) is 23.1 Å². The van der Waals surface area contributed by atoms with Gasteiger partial charge in [0.2, 0.25) is 11.9 Å². The molecule has 1 rings (SSSR count). The minimum atomic E-state index is -0.514. The second kappa shape index (κ2) is 5.01. The number of benzene rings is 1. The highest BCUT2D eigenvalue weighted by Crippen LogP contribution is 2.03. The number of rotatable bonds is 2. The van der Waals surface area contributed by atoms with Gasteiger partial charge in [0.25, 0.3) is 0 Å². The van der Waals surface area contributed by atoms with Gasteiger partial charge in [-0.3, -0.25) is 10.2 Å². The van der Waals surface area contributed by atoms with Gasteiger partial charge in [-0.1, -0.05) is 18.2 Å². The number of nitrogens with zero attached hydrogens (tertiary/aromatic N) is 2. The van der Waals surface area contributed by atoms with Crippen molar-refractivity contribution in [1.82, 2.24) is 5.01 Å². The molecule has 0 fully saturated rings. The van der Waals surface area contributed by atoms with Crippen LogP contribution in [0, 0.1) is 11.2 Å². The minimum absolute atomic E-state index is 0.218. The van der Waals surface area contributed by atoms with Crippen molar-refractivity contribution in [2.75, 3.05) is 0 Å². The number of carbonyl (C=O) groups is 1. The minimum Gasteiger partial charge on any atom is -0.368 e. The quantitative estimate of drug-likeness (QED) is 0.442. The fourth-order valence-electron chi connectivity index (χ4n) is 1.01. The van der Waals surface area contributed by atoms with Gasteiger partial charge in [0, 0.05) is 12.5 Å². The Hall–Kier alpha value is -2.24. The van der Waals surface area contributed by atoms with Gasteiger partial charge in [-0.2, -0.15) is 10.1 Å². The summed E-state index contributed by atoms with van der Waals surface area (Å²) in [6.45, 7) is 1.21. The maximum atomic E-state index is 13.2. The summed E-state index contributed by atoms with van der Waals surface area (Å²) in [5.74, 6) is -1.49. The molecule has 5 nitrogen and oxygen atoms in total. The largest absolute Gasteiger partial charge is 0.368 e. The van der Waals surface area contributed by atoms with E-state index in [1.807, 2.05) is 0 Å². The molecule has 0 aromatic heterocycles. The molecule has 6 heteroatoms. The fourth-order valence-corrected chi connectivity index (χ4v) is 1.01. The molecule has 0 aliphatic rings. The molecule has 0 heterocycles. The molecule has 1 aromatic rings. The summed E-state index contributed by atoms with van der Waals surface area (Å²) in [7, 11) is 0. The Morgan fingerprint density at radius 1 is 1.56 bits per heavy atom. The first-order chi connectivity index (χ1) is 7.52. The number of nitrogens with one attached hydrogen (secondary N) is 1. The molecule has 0 spiro atoms. The molecular formula is C10H11FN4O. The van der Waals surface area contributed by atoms with Crippen LogP contribution in [0.3, 0.4) is 0 Å². The van der Waals surface area contributed by atoms with E-state index < -0.39 is 17.7 Å². The average molecular weight is 222 g/mol. The number of carbonyl (C=O) groups excluding carboxylic acids is 1. The lowest BCUT2D eigenvalue weighted by atomic mass is 10.2. The molecule has 0 saturated carbocycles. The normalized spacial score (nSPS) is 10.4. The summed E-state index contributed by atoms with van der Waals surface area (Å²) in [6, 6.07) is 5.95. The third-order valence-electron chi connectivity index (χ3n) is 1.74. The van der Waals surface area contributed by atoms with Crippen molar-refractivity contribution in [2.45, 2.75) is 6.92 Å². The summed E-state index contributed by atoms with van der Waals surface area (Å²) in [4.78, 5) is 11.0. The summed E-state index contributed by atoms with van der Waals surface area (Å²) >= 11 is 0. The lowest BCUT2D eigenvalue weighted by Gasteiger charge is -2.11. The molecule has 0 bridgehead atoms. The van der Waals surface area contributed by atoms with Crippen LogP contribution in [0.1, 0.15) is 12.5 Å². The Labute approximate surface area is 91.9 Å². The molecule has 16 heavy (non-hydrogen) atoms. The van der Waals surface area contributed by atoms with Gasteiger partial charge in [0.05, 0.1) is 6.21 Å². The second-order valence-corrected chi connectivity index (χ2v) is 2.98. The first-order valence-electron chi connectivity index (χ1n) is 4.45. The Kier molecular flexibility index (Phi) is 3.71. The van der Waals surface area contributed by atoms with Crippen molar-refractivity contribution in [3.63, 3.8) is 0 Å². The average Bonchev–Trinajstić information content (AvgIpc) is 2.20. The molecule has 0 aliphatic carbocycles. The van der Waals surface area contributed by atoms with Crippen LogP contribution in [-0.2, 0) is 4.79 Å². The van der Waals surface area contributed by atoms with Gasteiger partial charge >= 0.3 is 0 Å². The summed E-state index contributed by atoms with van der Waals surface area (Å²) in [5, 5.41) is 11.4. The first-order valence-corrected chi connectivity index (χ1v) is 4.45. The monoisotopic (exact) mass is 222 g/mol. The van der Waals surface area contributed by atoms with Crippen molar-refractivity contribution in [3.8, 4) is 0 Å². The third-order valence-corrected chi connectivity index (χ3v) is 1.74. The van der Waals surface area contributed by atoms with E-state index in [-0.39, 0.29) is 5.56 Å². The predicted octanol–water partition coefficient (Wildman–Crippen LogP) is 0.902. The Morgan fingerprint density at radius 3 is 2.69 bits per heavy atom. The van der Waals surface area contributed by atoms with Crippen LogP contribution >= 0.6 is 0 Å². The van der Waals surface area contributed by atoms with E-state index in [1.54, 1.807) is 12.1 Å². The molecule has 0 saturated heterocycles. The molecule has 3 N–H and O–H groups in total. The highest BCUT2D eigenvalue weighted by molar-refractivity contribution is 5.94. The zero-order valence-corrected chi connectivity index (χ0v) is 8.64. The van der Waals surface area contributed by atoms with Crippen LogP contribution < -0.4 is 5.73 Å². The van der Waals surface area contributed by atoms with Gasteiger partial charge < -0.3 is 5.73 Å². The van der Waals surface area contributed by atoms with Crippen molar-refractivity contribution in [1.29, 1.82) is 5.41 Å². The van der Waals surface area contributed by atoms with E-state index >= 15 is 0 Å². The van der Waals surface area contributed by atoms with Crippen molar-refractivity contribution in [3.05, 3.63) is 35.6 Å². The smallest absolute Gasteiger partial charge is 0.246 e. The lowest BCUT2D eigenvalue weighted by molar-refractivity contribution is -0.125. The highest BCUT2D eigenvalue weighted by atomic mass is 19.1. The SMILES string of the molecule is CC(=O)N(/N=C/c1ccccc1F)C(=N)N. The molecule has 84 valence electrons. The maximum Gasteiger partial charge on any atom is 0.246 e. The Balaban J connectivity index is 2.91. The van der Waals surface area contributed by atoms with Crippen LogP contribution in [0.15, 0.2) is 29.4 Å². The van der Waals surface area contributed by atoms with E-state index in [0.29, 0.717) is 5.01 Å².